The standard InChI is InChI=1S/C21H32N4O.HI/c1-4-22-20(25-13-11-21(2,3)16-25)23-14-17-7-9-18(10-8-17)15-24-12-5-6-19(24)26;/h7-10H,4-6,11-16H2,1-3H3,(H,22,23);1H. The topological polar surface area (TPSA) is 47.9 Å². The molecule has 0 radical (unpaired) electrons. The summed E-state index contributed by atoms with van der Waals surface area (Å²) in [5.41, 5.74) is 2.77. The molecule has 2 aliphatic rings. The van der Waals surface area contributed by atoms with E-state index in [-0.39, 0.29) is 29.9 Å². The first-order valence-electron chi connectivity index (χ1n) is 9.86. The first-order valence-corrected chi connectivity index (χ1v) is 9.86. The summed E-state index contributed by atoms with van der Waals surface area (Å²) in [6, 6.07) is 8.53. The summed E-state index contributed by atoms with van der Waals surface area (Å²) in [6.07, 6.45) is 2.90. The third-order valence-electron chi connectivity index (χ3n) is 5.29. The molecule has 2 aliphatic heterocycles. The lowest BCUT2D eigenvalue weighted by Crippen LogP contribution is -2.40. The van der Waals surface area contributed by atoms with Crippen LogP contribution in [0.4, 0.5) is 0 Å². The van der Waals surface area contributed by atoms with Gasteiger partial charge in [0.25, 0.3) is 0 Å². The van der Waals surface area contributed by atoms with Gasteiger partial charge >= 0.3 is 0 Å². The van der Waals surface area contributed by atoms with Gasteiger partial charge in [0.2, 0.25) is 5.91 Å². The van der Waals surface area contributed by atoms with Crippen LogP contribution in [0.15, 0.2) is 29.3 Å². The van der Waals surface area contributed by atoms with Crippen molar-refractivity contribution in [3.63, 3.8) is 0 Å². The molecule has 2 heterocycles. The molecule has 6 heteroatoms. The molecule has 2 fully saturated rings. The van der Waals surface area contributed by atoms with Gasteiger partial charge in [-0.25, -0.2) is 4.99 Å². The van der Waals surface area contributed by atoms with Gasteiger partial charge < -0.3 is 15.1 Å². The lowest BCUT2D eigenvalue weighted by atomic mass is 9.93. The van der Waals surface area contributed by atoms with Crippen LogP contribution in [-0.2, 0) is 17.9 Å². The molecule has 1 amide bonds. The number of carbonyl (C=O) groups excluding carboxylic acids is 1. The molecule has 1 aromatic carbocycles. The lowest BCUT2D eigenvalue weighted by molar-refractivity contribution is -0.128. The van der Waals surface area contributed by atoms with Crippen LogP contribution >= 0.6 is 24.0 Å². The van der Waals surface area contributed by atoms with Crippen molar-refractivity contribution < 1.29 is 4.79 Å². The van der Waals surface area contributed by atoms with Crippen molar-refractivity contribution >= 4 is 35.8 Å². The molecule has 27 heavy (non-hydrogen) atoms. The maximum absolute atomic E-state index is 11.8. The van der Waals surface area contributed by atoms with E-state index in [0.717, 1.165) is 45.1 Å². The summed E-state index contributed by atoms with van der Waals surface area (Å²) in [5, 5.41) is 3.43. The molecule has 5 nitrogen and oxygen atoms in total. The summed E-state index contributed by atoms with van der Waals surface area (Å²) >= 11 is 0. The molecule has 150 valence electrons. The van der Waals surface area contributed by atoms with E-state index in [2.05, 4.69) is 55.3 Å². The van der Waals surface area contributed by atoms with Gasteiger partial charge in [-0.05, 0) is 36.3 Å². The minimum atomic E-state index is 0. The predicted octanol–water partition coefficient (Wildman–Crippen LogP) is 3.62. The third-order valence-corrected chi connectivity index (χ3v) is 5.29. The Hall–Kier alpha value is -1.31. The average Bonchev–Trinajstić information content (AvgIpc) is 3.18. The van der Waals surface area contributed by atoms with E-state index in [1.54, 1.807) is 0 Å². The maximum atomic E-state index is 11.8. The highest BCUT2D eigenvalue weighted by molar-refractivity contribution is 14.0. The second kappa shape index (κ2) is 9.75. The number of carbonyl (C=O) groups is 1. The van der Waals surface area contributed by atoms with Crippen molar-refractivity contribution in [1.82, 2.24) is 15.1 Å². The van der Waals surface area contributed by atoms with E-state index in [9.17, 15) is 4.79 Å². The number of likely N-dealkylation sites (tertiary alicyclic amines) is 2. The second-order valence-corrected chi connectivity index (χ2v) is 8.24. The Morgan fingerprint density at radius 3 is 2.44 bits per heavy atom. The minimum Gasteiger partial charge on any atom is -0.357 e. The summed E-state index contributed by atoms with van der Waals surface area (Å²) in [5.74, 6) is 1.30. The van der Waals surface area contributed by atoms with Crippen LogP contribution in [0.25, 0.3) is 0 Å². The number of amides is 1. The molecule has 0 unspecified atom stereocenters. The van der Waals surface area contributed by atoms with E-state index in [0.29, 0.717) is 18.4 Å². The van der Waals surface area contributed by atoms with E-state index in [1.165, 1.54) is 17.5 Å². The Balaban J connectivity index is 0.00000261. The van der Waals surface area contributed by atoms with Gasteiger partial charge in [0.1, 0.15) is 0 Å². The molecule has 0 spiro atoms. The second-order valence-electron chi connectivity index (χ2n) is 8.24. The van der Waals surface area contributed by atoms with Gasteiger partial charge in [-0.1, -0.05) is 38.1 Å². The van der Waals surface area contributed by atoms with E-state index in [1.807, 2.05) is 4.90 Å². The Morgan fingerprint density at radius 2 is 1.89 bits per heavy atom. The highest BCUT2D eigenvalue weighted by atomic mass is 127. The molecule has 1 N–H and O–H groups in total. The van der Waals surface area contributed by atoms with Crippen LogP contribution in [0.2, 0.25) is 0 Å². The largest absolute Gasteiger partial charge is 0.357 e. The van der Waals surface area contributed by atoms with Crippen molar-refractivity contribution in [1.29, 1.82) is 0 Å². The van der Waals surface area contributed by atoms with Gasteiger partial charge in [0.15, 0.2) is 5.96 Å². The summed E-state index contributed by atoms with van der Waals surface area (Å²) in [6.45, 7) is 12.1. The van der Waals surface area contributed by atoms with Crippen molar-refractivity contribution in [2.45, 2.75) is 53.1 Å². The fourth-order valence-corrected chi connectivity index (χ4v) is 3.73. The Morgan fingerprint density at radius 1 is 1.19 bits per heavy atom. The number of aliphatic imine (C=N–C) groups is 1. The van der Waals surface area contributed by atoms with Crippen molar-refractivity contribution in [2.75, 3.05) is 26.2 Å². The lowest BCUT2D eigenvalue weighted by Gasteiger charge is -2.23. The number of guanidine groups is 1. The van der Waals surface area contributed by atoms with E-state index >= 15 is 0 Å². The van der Waals surface area contributed by atoms with Crippen molar-refractivity contribution in [3.05, 3.63) is 35.4 Å². The van der Waals surface area contributed by atoms with Gasteiger partial charge in [0, 0.05) is 39.1 Å². The summed E-state index contributed by atoms with van der Waals surface area (Å²) < 4.78 is 0. The number of halogens is 1. The molecular weight excluding hydrogens is 451 g/mol. The molecule has 0 aromatic heterocycles. The Bertz CT molecular complexity index is 657. The van der Waals surface area contributed by atoms with Crippen LogP contribution in [0, 0.1) is 5.41 Å². The maximum Gasteiger partial charge on any atom is 0.222 e. The fourth-order valence-electron chi connectivity index (χ4n) is 3.73. The van der Waals surface area contributed by atoms with E-state index in [4.69, 9.17) is 4.99 Å². The molecule has 0 atom stereocenters. The van der Waals surface area contributed by atoms with Crippen LogP contribution in [0.3, 0.4) is 0 Å². The van der Waals surface area contributed by atoms with Crippen molar-refractivity contribution in [2.24, 2.45) is 10.4 Å². The number of hydrogen-bond donors (Lipinski definition) is 1. The van der Waals surface area contributed by atoms with Gasteiger partial charge in [-0.15, -0.1) is 24.0 Å². The third kappa shape index (κ3) is 6.09. The fraction of sp³-hybridized carbons (Fsp3) is 0.619. The zero-order valence-corrected chi connectivity index (χ0v) is 19.2. The monoisotopic (exact) mass is 484 g/mol. The number of benzene rings is 1. The Labute approximate surface area is 180 Å². The minimum absolute atomic E-state index is 0. The van der Waals surface area contributed by atoms with Crippen LogP contribution in [-0.4, -0.2) is 47.8 Å². The first-order chi connectivity index (χ1) is 12.5. The highest BCUT2D eigenvalue weighted by Crippen LogP contribution is 2.28. The normalized spacial score (nSPS) is 19.4. The van der Waals surface area contributed by atoms with Crippen molar-refractivity contribution in [3.8, 4) is 0 Å². The van der Waals surface area contributed by atoms with Gasteiger partial charge in [-0.2, -0.15) is 0 Å². The molecule has 2 saturated heterocycles. The number of rotatable bonds is 5. The van der Waals surface area contributed by atoms with Crippen LogP contribution in [0.1, 0.15) is 51.2 Å². The first kappa shape index (κ1) is 22.0. The smallest absolute Gasteiger partial charge is 0.222 e. The highest BCUT2D eigenvalue weighted by Gasteiger charge is 2.30. The predicted molar refractivity (Wildman–Crippen MR) is 121 cm³/mol. The molecule has 0 aliphatic carbocycles. The van der Waals surface area contributed by atoms with Gasteiger partial charge in [0.05, 0.1) is 6.54 Å². The van der Waals surface area contributed by atoms with Gasteiger partial charge in [-0.3, -0.25) is 4.79 Å². The zero-order chi connectivity index (χ0) is 18.6. The zero-order valence-electron chi connectivity index (χ0n) is 16.8. The SMILES string of the molecule is CCNC(=NCc1ccc(CN2CCCC2=O)cc1)N1CCC(C)(C)C1.I. The quantitative estimate of drug-likeness (QED) is 0.395. The van der Waals surface area contributed by atoms with Crippen LogP contribution in [0.5, 0.6) is 0 Å². The molecular formula is C21H33IN4O. The number of nitrogens with zero attached hydrogens (tertiary/aromatic N) is 3. The van der Waals surface area contributed by atoms with Crippen LogP contribution < -0.4 is 5.32 Å². The number of nitrogens with one attached hydrogen (secondary N) is 1. The molecule has 1 aromatic rings. The molecule has 0 bridgehead atoms. The Kier molecular flexibility index (Phi) is 7.94. The summed E-state index contributed by atoms with van der Waals surface area (Å²) in [7, 11) is 0. The average molecular weight is 484 g/mol. The molecule has 3 rings (SSSR count). The van der Waals surface area contributed by atoms with E-state index < -0.39 is 0 Å². The summed E-state index contributed by atoms with van der Waals surface area (Å²) in [4.78, 5) is 20.9. The number of hydrogen-bond acceptors (Lipinski definition) is 2. The molecule has 0 saturated carbocycles.